The van der Waals surface area contributed by atoms with Crippen LogP contribution in [0, 0.1) is 5.82 Å². The first-order valence-corrected chi connectivity index (χ1v) is 7.01. The van der Waals surface area contributed by atoms with E-state index in [9.17, 15) is 9.18 Å². The minimum atomic E-state index is -0.845. The number of H-pyrrole nitrogens is 1. The first-order valence-electron chi connectivity index (χ1n) is 5.03. The number of thioether (sulfide) groups is 1. The van der Waals surface area contributed by atoms with E-state index in [0.717, 1.165) is 0 Å². The lowest BCUT2D eigenvalue weighted by Gasteiger charge is -2.03. The molecule has 0 aliphatic heterocycles. The van der Waals surface area contributed by atoms with Crippen LogP contribution in [0.3, 0.4) is 0 Å². The van der Waals surface area contributed by atoms with E-state index in [1.165, 1.54) is 11.8 Å². The zero-order valence-corrected chi connectivity index (χ0v) is 12.2. The fourth-order valence-corrected chi connectivity index (χ4v) is 2.04. The van der Waals surface area contributed by atoms with E-state index in [1.54, 1.807) is 6.26 Å². The molecule has 0 unspecified atom stereocenters. The van der Waals surface area contributed by atoms with E-state index in [0.29, 0.717) is 0 Å². The van der Waals surface area contributed by atoms with Crippen LogP contribution in [0.2, 0.25) is 10.3 Å². The van der Waals surface area contributed by atoms with Crippen molar-refractivity contribution in [2.24, 2.45) is 0 Å². The topological polar surface area (TPSA) is 58.6 Å². The molecule has 2 rings (SSSR count). The van der Waals surface area contributed by atoms with E-state index < -0.39 is 16.5 Å². The number of nitrogens with zero attached hydrogens (tertiary/aromatic N) is 2. The van der Waals surface area contributed by atoms with Crippen molar-refractivity contribution >= 4 is 45.9 Å². The molecule has 1 N–H and O–H groups in total. The monoisotopic (exact) mass is 309 g/mol. The third-order valence-electron chi connectivity index (χ3n) is 1.88. The highest BCUT2D eigenvalue weighted by molar-refractivity contribution is 7.98. The Morgan fingerprint density at radius 1 is 1.22 bits per heavy atom. The Labute approximate surface area is 117 Å². The fourth-order valence-electron chi connectivity index (χ4n) is 1.19. The maximum absolute atomic E-state index is 13.6. The quantitative estimate of drug-likeness (QED) is 0.497. The molecular formula is C10H10Cl2FN3OS. The third-order valence-corrected chi connectivity index (χ3v) is 2.99. The number of aromatic amines is 1. The molecule has 0 fully saturated rings. The molecule has 4 nitrogen and oxygen atoms in total. The Kier molecular flexibility index (Phi) is 5.37. The van der Waals surface area contributed by atoms with Crippen LogP contribution in [0.4, 0.5) is 4.39 Å². The highest BCUT2D eigenvalue weighted by atomic mass is 35.5. The summed E-state index contributed by atoms with van der Waals surface area (Å²) < 4.78 is 13.6. The number of hydrogen-bond acceptors (Lipinski definition) is 4. The standard InChI is InChI=1S/C8H4Cl2FN3OS.C2H6/c1-16-8-12-4-2(7(15)14-8)5(9)13-6(10)3(4)11;1-2/h1H3,(H,12,14,15);1-2H3. The largest absolute Gasteiger partial charge is 0.301 e. The third kappa shape index (κ3) is 2.76. The molecule has 8 heteroatoms. The van der Waals surface area contributed by atoms with Gasteiger partial charge in [-0.05, 0) is 6.26 Å². The highest BCUT2D eigenvalue weighted by Gasteiger charge is 2.16. The smallest absolute Gasteiger partial charge is 0.262 e. The van der Waals surface area contributed by atoms with Crippen molar-refractivity contribution < 1.29 is 4.39 Å². The SMILES string of the molecule is CC.CSc1nc2c(F)c(Cl)nc(Cl)c2c(=O)[nH]1. The summed E-state index contributed by atoms with van der Waals surface area (Å²) in [6, 6.07) is 0. The van der Waals surface area contributed by atoms with Crippen LogP contribution < -0.4 is 5.56 Å². The molecule has 0 saturated carbocycles. The van der Waals surface area contributed by atoms with Crippen molar-refractivity contribution in [2.45, 2.75) is 19.0 Å². The molecule has 0 aliphatic carbocycles. The maximum Gasteiger partial charge on any atom is 0.262 e. The zero-order chi connectivity index (χ0) is 13.9. The predicted octanol–water partition coefficient (Wildman–Crippen LogP) is 3.51. The summed E-state index contributed by atoms with van der Waals surface area (Å²) in [5.74, 6) is -0.845. The second-order valence-electron chi connectivity index (χ2n) is 2.81. The van der Waals surface area contributed by atoms with Gasteiger partial charge >= 0.3 is 0 Å². The summed E-state index contributed by atoms with van der Waals surface area (Å²) in [7, 11) is 0. The molecule has 0 aliphatic rings. The maximum atomic E-state index is 13.6. The second-order valence-corrected chi connectivity index (χ2v) is 4.32. The Bertz CT molecular complexity index is 633. The molecule has 0 bridgehead atoms. The summed E-state index contributed by atoms with van der Waals surface area (Å²) in [5, 5.41) is -0.374. The molecule has 98 valence electrons. The lowest BCUT2D eigenvalue weighted by atomic mass is 10.3. The average Bonchev–Trinajstić information content (AvgIpc) is 2.37. The lowest BCUT2D eigenvalue weighted by molar-refractivity contribution is 0.629. The number of pyridine rings is 1. The molecule has 2 aromatic rings. The van der Waals surface area contributed by atoms with Gasteiger partial charge in [0.1, 0.15) is 16.1 Å². The van der Waals surface area contributed by atoms with Crippen molar-refractivity contribution in [3.63, 3.8) is 0 Å². The Balaban J connectivity index is 0.000000771. The summed E-state index contributed by atoms with van der Waals surface area (Å²) in [5.41, 5.74) is -0.708. The summed E-state index contributed by atoms with van der Waals surface area (Å²) in [6.07, 6.45) is 1.70. The Hall–Kier alpha value is -0.850. The normalized spacial score (nSPS) is 10.1. The van der Waals surface area contributed by atoms with Gasteiger partial charge in [-0.3, -0.25) is 4.79 Å². The van der Waals surface area contributed by atoms with Gasteiger partial charge in [0.2, 0.25) is 0 Å². The predicted molar refractivity (Wildman–Crippen MR) is 73.3 cm³/mol. The van der Waals surface area contributed by atoms with Gasteiger partial charge in [0.25, 0.3) is 5.56 Å². The van der Waals surface area contributed by atoms with Gasteiger partial charge < -0.3 is 4.98 Å². The van der Waals surface area contributed by atoms with Crippen molar-refractivity contribution in [1.82, 2.24) is 15.0 Å². The molecule has 0 radical (unpaired) electrons. The molecule has 0 amide bonds. The molecule has 0 aromatic carbocycles. The van der Waals surface area contributed by atoms with Gasteiger partial charge in [-0.2, -0.15) is 0 Å². The van der Waals surface area contributed by atoms with E-state index in [4.69, 9.17) is 23.2 Å². The first kappa shape index (κ1) is 15.2. The minimum Gasteiger partial charge on any atom is -0.301 e. The number of halogens is 3. The van der Waals surface area contributed by atoms with Gasteiger partial charge in [-0.25, -0.2) is 14.4 Å². The number of fused-ring (bicyclic) bond motifs is 1. The van der Waals surface area contributed by atoms with E-state index in [-0.39, 0.29) is 21.2 Å². The van der Waals surface area contributed by atoms with Crippen LogP contribution in [0.15, 0.2) is 9.95 Å². The molecule has 2 heterocycles. The van der Waals surface area contributed by atoms with Crippen molar-refractivity contribution in [1.29, 1.82) is 0 Å². The van der Waals surface area contributed by atoms with Crippen LogP contribution in [0.5, 0.6) is 0 Å². The van der Waals surface area contributed by atoms with Crippen LogP contribution in [0.1, 0.15) is 13.8 Å². The van der Waals surface area contributed by atoms with Crippen molar-refractivity contribution in [3.05, 3.63) is 26.5 Å². The molecular weight excluding hydrogens is 300 g/mol. The Morgan fingerprint density at radius 2 is 1.83 bits per heavy atom. The van der Waals surface area contributed by atoms with Gasteiger partial charge in [0.05, 0.1) is 0 Å². The van der Waals surface area contributed by atoms with Crippen LogP contribution in [-0.2, 0) is 0 Å². The van der Waals surface area contributed by atoms with Gasteiger partial charge in [-0.15, -0.1) is 0 Å². The summed E-state index contributed by atoms with van der Waals surface area (Å²) in [4.78, 5) is 21.5. The molecule has 18 heavy (non-hydrogen) atoms. The highest BCUT2D eigenvalue weighted by Crippen LogP contribution is 2.25. The second kappa shape index (κ2) is 6.36. The lowest BCUT2D eigenvalue weighted by Crippen LogP contribution is -2.11. The number of aromatic nitrogens is 3. The van der Waals surface area contributed by atoms with Crippen molar-refractivity contribution in [2.75, 3.05) is 6.26 Å². The minimum absolute atomic E-state index is 0.0960. The van der Waals surface area contributed by atoms with Gasteiger partial charge in [-0.1, -0.05) is 48.8 Å². The van der Waals surface area contributed by atoms with Crippen LogP contribution in [-0.4, -0.2) is 21.2 Å². The van der Waals surface area contributed by atoms with Gasteiger partial charge in [0.15, 0.2) is 16.1 Å². The van der Waals surface area contributed by atoms with E-state index >= 15 is 0 Å². The average molecular weight is 310 g/mol. The van der Waals surface area contributed by atoms with Crippen LogP contribution in [0.25, 0.3) is 10.9 Å². The molecule has 0 atom stereocenters. The number of hydrogen-bond donors (Lipinski definition) is 1. The summed E-state index contributed by atoms with van der Waals surface area (Å²) in [6.45, 7) is 4.00. The van der Waals surface area contributed by atoms with Crippen molar-refractivity contribution in [3.8, 4) is 0 Å². The molecule has 0 spiro atoms. The fraction of sp³-hybridized carbons (Fsp3) is 0.300. The number of rotatable bonds is 1. The van der Waals surface area contributed by atoms with E-state index in [2.05, 4.69) is 15.0 Å². The van der Waals surface area contributed by atoms with Gasteiger partial charge in [0, 0.05) is 0 Å². The summed E-state index contributed by atoms with van der Waals surface area (Å²) >= 11 is 12.4. The van der Waals surface area contributed by atoms with E-state index in [1.807, 2.05) is 13.8 Å². The number of nitrogens with one attached hydrogen (secondary N) is 1. The van der Waals surface area contributed by atoms with Crippen LogP contribution >= 0.6 is 35.0 Å². The first-order chi connectivity index (χ1) is 8.54. The Morgan fingerprint density at radius 3 is 2.39 bits per heavy atom. The molecule has 0 saturated heterocycles. The zero-order valence-electron chi connectivity index (χ0n) is 9.84. The molecule has 2 aromatic heterocycles.